The summed E-state index contributed by atoms with van der Waals surface area (Å²) in [6.45, 7) is 0.314. The van der Waals surface area contributed by atoms with Gasteiger partial charge in [-0.3, -0.25) is 0 Å². The quantitative estimate of drug-likeness (QED) is 0.691. The first-order valence-corrected chi connectivity index (χ1v) is 7.07. The van der Waals surface area contributed by atoms with E-state index in [1.807, 2.05) is 24.3 Å². The van der Waals surface area contributed by atoms with Crippen molar-refractivity contribution < 1.29 is 8.78 Å². The van der Waals surface area contributed by atoms with Gasteiger partial charge in [0.25, 0.3) is 6.43 Å². The number of benzene rings is 1. The Hall–Kier alpha value is -0.650. The normalized spacial score (nSPS) is 11.3. The van der Waals surface area contributed by atoms with Crippen molar-refractivity contribution in [3.63, 3.8) is 0 Å². The van der Waals surface area contributed by atoms with Crippen LogP contribution in [0.5, 0.6) is 0 Å². The van der Waals surface area contributed by atoms with Crippen LogP contribution in [0.1, 0.15) is 23.2 Å². The van der Waals surface area contributed by atoms with Gasteiger partial charge in [-0.15, -0.1) is 11.6 Å². The first-order chi connectivity index (χ1) is 9.02. The smallest absolute Gasteiger partial charge is 0.249 e. The number of hydrogen-bond acceptors (Lipinski definition) is 1. The Balaban J connectivity index is 2.35. The molecule has 0 aliphatic heterocycles. The summed E-state index contributed by atoms with van der Waals surface area (Å²) >= 11 is 15.0. The highest BCUT2D eigenvalue weighted by molar-refractivity contribution is 9.10. The molecule has 7 heteroatoms. The van der Waals surface area contributed by atoms with Crippen LogP contribution in [-0.2, 0) is 12.4 Å². The van der Waals surface area contributed by atoms with Crippen molar-refractivity contribution in [1.82, 2.24) is 9.78 Å². The molecule has 0 spiro atoms. The number of nitrogens with zero attached hydrogens (tertiary/aromatic N) is 2. The van der Waals surface area contributed by atoms with Crippen LogP contribution in [0.15, 0.2) is 28.7 Å². The van der Waals surface area contributed by atoms with Gasteiger partial charge in [0.2, 0.25) is 0 Å². The maximum atomic E-state index is 12.8. The van der Waals surface area contributed by atoms with Gasteiger partial charge in [0.15, 0.2) is 0 Å². The highest BCUT2D eigenvalue weighted by Crippen LogP contribution is 2.29. The van der Waals surface area contributed by atoms with Crippen LogP contribution < -0.4 is 0 Å². The number of aromatic nitrogens is 2. The number of alkyl halides is 3. The zero-order valence-electron chi connectivity index (χ0n) is 9.59. The van der Waals surface area contributed by atoms with Gasteiger partial charge in [-0.2, -0.15) is 5.10 Å². The fourth-order valence-corrected chi connectivity index (χ4v) is 2.75. The van der Waals surface area contributed by atoms with E-state index in [9.17, 15) is 8.78 Å². The summed E-state index contributed by atoms with van der Waals surface area (Å²) in [5.41, 5.74) is 0.740. The molecule has 0 fully saturated rings. The summed E-state index contributed by atoms with van der Waals surface area (Å²) in [4.78, 5) is 0. The van der Waals surface area contributed by atoms with E-state index in [1.165, 1.54) is 4.68 Å². The summed E-state index contributed by atoms with van der Waals surface area (Å²) < 4.78 is 27.9. The first kappa shape index (κ1) is 14.8. The Kier molecular flexibility index (Phi) is 4.81. The molecule has 0 saturated carbocycles. The Bertz CT molecular complexity index is 587. The lowest BCUT2D eigenvalue weighted by Gasteiger charge is -2.04. The van der Waals surface area contributed by atoms with Crippen LogP contribution in [0.2, 0.25) is 5.15 Å². The molecule has 0 unspecified atom stereocenters. The summed E-state index contributed by atoms with van der Waals surface area (Å²) in [6.07, 6.45) is -2.69. The minimum atomic E-state index is -2.69. The predicted molar refractivity (Wildman–Crippen MR) is 75.0 cm³/mol. The topological polar surface area (TPSA) is 17.8 Å². The Morgan fingerprint density at radius 3 is 2.63 bits per heavy atom. The summed E-state index contributed by atoms with van der Waals surface area (Å²) in [6, 6.07) is 7.47. The summed E-state index contributed by atoms with van der Waals surface area (Å²) in [7, 11) is 0. The van der Waals surface area contributed by atoms with Gasteiger partial charge < -0.3 is 0 Å². The molecule has 0 N–H and O–H groups in total. The number of rotatable bonds is 4. The van der Waals surface area contributed by atoms with Crippen LogP contribution >= 0.6 is 39.1 Å². The van der Waals surface area contributed by atoms with Crippen LogP contribution in [-0.4, -0.2) is 9.78 Å². The molecule has 0 amide bonds. The molecule has 1 aromatic heterocycles. The fourth-order valence-electron chi connectivity index (χ4n) is 1.71. The third kappa shape index (κ3) is 3.27. The molecule has 0 aliphatic rings. The van der Waals surface area contributed by atoms with Gasteiger partial charge in [-0.25, -0.2) is 13.5 Å². The van der Waals surface area contributed by atoms with Gasteiger partial charge in [-0.1, -0.05) is 39.7 Å². The second-order valence-corrected chi connectivity index (χ2v) is 5.42. The molecule has 0 aliphatic carbocycles. The molecule has 102 valence electrons. The molecule has 2 aromatic rings. The molecule has 2 nitrogen and oxygen atoms in total. The van der Waals surface area contributed by atoms with Gasteiger partial charge in [0.05, 0.1) is 12.4 Å². The van der Waals surface area contributed by atoms with E-state index >= 15 is 0 Å². The lowest BCUT2D eigenvalue weighted by molar-refractivity contribution is 0.144. The molecule has 0 atom stereocenters. The van der Waals surface area contributed by atoms with Gasteiger partial charge in [0, 0.05) is 10.0 Å². The third-order valence-corrected chi connectivity index (χ3v) is 3.76. The zero-order valence-corrected chi connectivity index (χ0v) is 12.7. The van der Waals surface area contributed by atoms with Crippen LogP contribution in [0.4, 0.5) is 8.78 Å². The van der Waals surface area contributed by atoms with E-state index in [1.54, 1.807) is 0 Å². The van der Waals surface area contributed by atoms with Crippen LogP contribution in [0.3, 0.4) is 0 Å². The fraction of sp³-hybridized carbons (Fsp3) is 0.250. The van der Waals surface area contributed by atoms with E-state index in [2.05, 4.69) is 21.0 Å². The van der Waals surface area contributed by atoms with Crippen molar-refractivity contribution in [2.45, 2.75) is 18.9 Å². The molecular weight excluding hydrogens is 361 g/mol. The Labute approximate surface area is 127 Å². The molecule has 19 heavy (non-hydrogen) atoms. The minimum absolute atomic E-state index is 0.0863. The van der Waals surface area contributed by atoms with Crippen molar-refractivity contribution >= 4 is 39.1 Å². The van der Waals surface area contributed by atoms with E-state index in [0.29, 0.717) is 6.54 Å². The van der Waals surface area contributed by atoms with Crippen molar-refractivity contribution in [3.05, 3.63) is 50.7 Å². The lowest BCUT2D eigenvalue weighted by atomic mass is 10.2. The molecule has 0 radical (unpaired) electrons. The molecule has 1 aromatic carbocycles. The molecule has 0 bridgehead atoms. The van der Waals surface area contributed by atoms with Crippen molar-refractivity contribution in [2.75, 3.05) is 0 Å². The van der Waals surface area contributed by atoms with Gasteiger partial charge in [0.1, 0.15) is 10.8 Å². The average molecular weight is 370 g/mol. The SMILES string of the molecule is FC(F)c1nn(Cc2cccc(Br)c2)c(Cl)c1CCl. The maximum Gasteiger partial charge on any atom is 0.282 e. The van der Waals surface area contributed by atoms with E-state index in [0.717, 1.165) is 10.0 Å². The number of halogens is 5. The standard InChI is InChI=1S/C12H9BrCl2F2N2/c13-8-3-1-2-7(4-8)6-19-11(15)9(5-14)10(18-19)12(16)17/h1-4,12H,5-6H2. The van der Waals surface area contributed by atoms with Gasteiger partial charge in [-0.05, 0) is 17.7 Å². The van der Waals surface area contributed by atoms with Crippen LogP contribution in [0.25, 0.3) is 0 Å². The van der Waals surface area contributed by atoms with E-state index in [4.69, 9.17) is 23.2 Å². The molecular formula is C12H9BrCl2F2N2. The molecule has 1 heterocycles. The second kappa shape index (κ2) is 6.20. The Morgan fingerprint density at radius 2 is 2.11 bits per heavy atom. The van der Waals surface area contributed by atoms with Gasteiger partial charge >= 0.3 is 0 Å². The average Bonchev–Trinajstić information content (AvgIpc) is 2.66. The largest absolute Gasteiger partial charge is 0.282 e. The first-order valence-electron chi connectivity index (χ1n) is 5.36. The van der Waals surface area contributed by atoms with Crippen molar-refractivity contribution in [2.24, 2.45) is 0 Å². The highest BCUT2D eigenvalue weighted by atomic mass is 79.9. The number of hydrogen-bond donors (Lipinski definition) is 0. The summed E-state index contributed by atoms with van der Waals surface area (Å²) in [5, 5.41) is 4.00. The maximum absolute atomic E-state index is 12.8. The minimum Gasteiger partial charge on any atom is -0.249 e. The summed E-state index contributed by atoms with van der Waals surface area (Å²) in [5.74, 6) is -0.0863. The monoisotopic (exact) mass is 368 g/mol. The highest BCUT2D eigenvalue weighted by Gasteiger charge is 2.22. The zero-order chi connectivity index (χ0) is 14.0. The predicted octanol–water partition coefficient (Wildman–Crippen LogP) is 5.02. The van der Waals surface area contributed by atoms with Crippen molar-refractivity contribution in [1.29, 1.82) is 0 Å². The lowest BCUT2D eigenvalue weighted by Crippen LogP contribution is -2.02. The van der Waals surface area contributed by atoms with E-state index < -0.39 is 6.43 Å². The molecule has 2 rings (SSSR count). The third-order valence-electron chi connectivity index (χ3n) is 2.57. The van der Waals surface area contributed by atoms with E-state index in [-0.39, 0.29) is 22.3 Å². The Morgan fingerprint density at radius 1 is 1.37 bits per heavy atom. The van der Waals surface area contributed by atoms with Crippen molar-refractivity contribution in [3.8, 4) is 0 Å². The molecule has 0 saturated heterocycles. The second-order valence-electron chi connectivity index (χ2n) is 3.88. The van der Waals surface area contributed by atoms with Crippen LogP contribution in [0, 0.1) is 0 Å².